The van der Waals surface area contributed by atoms with Crippen LogP contribution in [0, 0.1) is 0 Å². The van der Waals surface area contributed by atoms with Crippen LogP contribution in [0.1, 0.15) is 0 Å². The minimum Gasteiger partial charge on any atom is -0.464 e. The smallest absolute Gasteiger partial charge is 0.418 e. The minimum atomic E-state index is -1.27. The standard InChI is InChI=1S/C9H8N2O3S/c10-5-1-2-7-6(3-5)11(9(13)14)8(12)4-15-7/h1-3H,4,10H2,(H,13,14). The molecule has 0 bridgehead atoms. The van der Waals surface area contributed by atoms with E-state index >= 15 is 0 Å². The summed E-state index contributed by atoms with van der Waals surface area (Å²) in [5, 5.41) is 8.90. The molecule has 1 aromatic carbocycles. The van der Waals surface area contributed by atoms with E-state index in [4.69, 9.17) is 10.8 Å². The number of carboxylic acid groups (broad SMARTS) is 1. The van der Waals surface area contributed by atoms with Gasteiger partial charge in [-0.15, -0.1) is 11.8 Å². The van der Waals surface area contributed by atoms with E-state index in [1.54, 1.807) is 12.1 Å². The van der Waals surface area contributed by atoms with E-state index in [9.17, 15) is 9.59 Å². The number of carbonyl (C=O) groups is 2. The lowest BCUT2D eigenvalue weighted by molar-refractivity contribution is -0.115. The number of nitrogens with two attached hydrogens (primary N) is 1. The van der Waals surface area contributed by atoms with Crippen LogP contribution in [0.5, 0.6) is 0 Å². The summed E-state index contributed by atoms with van der Waals surface area (Å²) in [7, 11) is 0. The Morgan fingerprint density at radius 1 is 1.53 bits per heavy atom. The van der Waals surface area contributed by atoms with Gasteiger partial charge in [-0.3, -0.25) is 4.79 Å². The number of hydrogen-bond acceptors (Lipinski definition) is 4. The summed E-state index contributed by atoms with van der Waals surface area (Å²) >= 11 is 1.32. The van der Waals surface area contributed by atoms with Gasteiger partial charge in [-0.25, -0.2) is 9.69 Å². The fraction of sp³-hybridized carbons (Fsp3) is 0.111. The zero-order valence-corrected chi connectivity index (χ0v) is 8.45. The van der Waals surface area contributed by atoms with E-state index in [2.05, 4.69) is 0 Å². The van der Waals surface area contributed by atoms with E-state index in [1.807, 2.05) is 0 Å². The Labute approximate surface area is 89.9 Å². The van der Waals surface area contributed by atoms with Crippen LogP contribution in [0.15, 0.2) is 23.1 Å². The van der Waals surface area contributed by atoms with E-state index < -0.39 is 12.0 Å². The average Bonchev–Trinajstić information content (AvgIpc) is 2.16. The van der Waals surface area contributed by atoms with Gasteiger partial charge in [-0.1, -0.05) is 0 Å². The molecule has 0 aromatic heterocycles. The number of thioether (sulfide) groups is 1. The van der Waals surface area contributed by atoms with Crippen molar-refractivity contribution in [2.75, 3.05) is 16.4 Å². The molecule has 5 nitrogen and oxygen atoms in total. The van der Waals surface area contributed by atoms with Crippen molar-refractivity contribution in [3.63, 3.8) is 0 Å². The van der Waals surface area contributed by atoms with Gasteiger partial charge in [-0.05, 0) is 18.2 Å². The van der Waals surface area contributed by atoms with Gasteiger partial charge in [0, 0.05) is 10.6 Å². The third kappa shape index (κ3) is 1.63. The number of nitrogen functional groups attached to an aromatic ring is 1. The summed E-state index contributed by atoms with van der Waals surface area (Å²) < 4.78 is 0. The number of benzene rings is 1. The van der Waals surface area contributed by atoms with Gasteiger partial charge in [0.05, 0.1) is 11.4 Å². The van der Waals surface area contributed by atoms with Crippen molar-refractivity contribution in [1.29, 1.82) is 0 Å². The highest BCUT2D eigenvalue weighted by Crippen LogP contribution is 2.36. The van der Waals surface area contributed by atoms with Gasteiger partial charge in [0.15, 0.2) is 0 Å². The normalized spacial score (nSPS) is 14.9. The summed E-state index contributed by atoms with van der Waals surface area (Å²) in [5.41, 5.74) is 6.34. The fourth-order valence-corrected chi connectivity index (χ4v) is 2.25. The van der Waals surface area contributed by atoms with Crippen molar-refractivity contribution in [2.45, 2.75) is 4.90 Å². The van der Waals surface area contributed by atoms with Crippen LogP contribution in [0.4, 0.5) is 16.2 Å². The van der Waals surface area contributed by atoms with Crippen LogP contribution in [-0.2, 0) is 4.79 Å². The molecule has 0 saturated carbocycles. The molecule has 0 unspecified atom stereocenters. The third-order valence-electron chi connectivity index (χ3n) is 2.02. The number of imide groups is 1. The third-order valence-corrected chi connectivity index (χ3v) is 3.06. The second-order valence-electron chi connectivity index (χ2n) is 3.03. The van der Waals surface area contributed by atoms with E-state index in [1.165, 1.54) is 17.8 Å². The summed E-state index contributed by atoms with van der Waals surface area (Å²) in [4.78, 5) is 23.8. The van der Waals surface area contributed by atoms with Crippen molar-refractivity contribution in [2.24, 2.45) is 0 Å². The SMILES string of the molecule is Nc1ccc2c(c1)N(C(=O)O)C(=O)CS2. The quantitative estimate of drug-likeness (QED) is 0.650. The number of carbonyl (C=O) groups excluding carboxylic acids is 1. The Balaban J connectivity index is 2.55. The molecule has 2 rings (SSSR count). The van der Waals surface area contributed by atoms with Gasteiger partial charge >= 0.3 is 6.09 Å². The van der Waals surface area contributed by atoms with Gasteiger partial charge in [0.1, 0.15) is 0 Å². The summed E-state index contributed by atoms with van der Waals surface area (Å²) in [6.07, 6.45) is -1.27. The van der Waals surface area contributed by atoms with Crippen LogP contribution >= 0.6 is 11.8 Å². The topological polar surface area (TPSA) is 83.6 Å². The number of anilines is 2. The van der Waals surface area contributed by atoms with Gasteiger partial charge in [0.2, 0.25) is 5.91 Å². The maximum absolute atomic E-state index is 11.4. The lowest BCUT2D eigenvalue weighted by Crippen LogP contribution is -2.39. The largest absolute Gasteiger partial charge is 0.464 e. The molecule has 0 radical (unpaired) electrons. The van der Waals surface area contributed by atoms with Crippen molar-refractivity contribution in [1.82, 2.24) is 0 Å². The lowest BCUT2D eigenvalue weighted by atomic mass is 10.2. The maximum atomic E-state index is 11.4. The highest BCUT2D eigenvalue weighted by Gasteiger charge is 2.29. The summed E-state index contributed by atoms with van der Waals surface area (Å²) in [5.74, 6) is -0.297. The monoisotopic (exact) mass is 224 g/mol. The highest BCUT2D eigenvalue weighted by molar-refractivity contribution is 8.00. The molecule has 3 N–H and O–H groups in total. The number of fused-ring (bicyclic) bond motifs is 1. The van der Waals surface area contributed by atoms with Crippen molar-refractivity contribution in [3.8, 4) is 0 Å². The average molecular weight is 224 g/mol. The Morgan fingerprint density at radius 3 is 2.93 bits per heavy atom. The first-order valence-electron chi connectivity index (χ1n) is 4.18. The zero-order chi connectivity index (χ0) is 11.0. The Morgan fingerprint density at radius 2 is 2.27 bits per heavy atom. The molecule has 0 saturated heterocycles. The Kier molecular flexibility index (Phi) is 2.28. The first kappa shape index (κ1) is 9.85. The molecule has 6 heteroatoms. The van der Waals surface area contributed by atoms with Crippen LogP contribution in [0.25, 0.3) is 0 Å². The first-order valence-corrected chi connectivity index (χ1v) is 5.16. The van der Waals surface area contributed by atoms with Gasteiger partial charge in [-0.2, -0.15) is 0 Å². The number of hydrogen-bond donors (Lipinski definition) is 2. The molecule has 1 aliphatic rings. The van der Waals surface area contributed by atoms with Crippen molar-refractivity contribution >= 4 is 35.1 Å². The zero-order valence-electron chi connectivity index (χ0n) is 7.64. The van der Waals surface area contributed by atoms with Crippen molar-refractivity contribution < 1.29 is 14.7 Å². The molecule has 2 amide bonds. The highest BCUT2D eigenvalue weighted by atomic mass is 32.2. The molecule has 1 aliphatic heterocycles. The second-order valence-corrected chi connectivity index (χ2v) is 4.04. The van der Waals surface area contributed by atoms with E-state index in [-0.39, 0.29) is 5.75 Å². The number of amides is 2. The van der Waals surface area contributed by atoms with Crippen molar-refractivity contribution in [3.05, 3.63) is 18.2 Å². The van der Waals surface area contributed by atoms with Crippen LogP contribution in [0.2, 0.25) is 0 Å². The summed E-state index contributed by atoms with van der Waals surface area (Å²) in [6, 6.07) is 4.90. The molecule has 78 valence electrons. The van der Waals surface area contributed by atoms with Crippen LogP contribution in [-0.4, -0.2) is 22.9 Å². The Bertz CT molecular complexity index is 447. The number of nitrogens with zero attached hydrogens (tertiary/aromatic N) is 1. The molecule has 1 heterocycles. The molecule has 0 fully saturated rings. The molecule has 1 aromatic rings. The van der Waals surface area contributed by atoms with Gasteiger partial charge in [0.25, 0.3) is 0 Å². The molecule has 0 atom stereocenters. The molecule has 15 heavy (non-hydrogen) atoms. The van der Waals surface area contributed by atoms with Gasteiger partial charge < -0.3 is 10.8 Å². The maximum Gasteiger partial charge on any atom is 0.418 e. The molecule has 0 spiro atoms. The Hall–Kier alpha value is -1.69. The van der Waals surface area contributed by atoms with Crippen LogP contribution in [0.3, 0.4) is 0 Å². The van der Waals surface area contributed by atoms with E-state index in [0.29, 0.717) is 11.4 Å². The molecular weight excluding hydrogens is 216 g/mol. The lowest BCUT2D eigenvalue weighted by Gasteiger charge is -2.24. The predicted molar refractivity (Wildman–Crippen MR) is 57.1 cm³/mol. The number of rotatable bonds is 0. The predicted octanol–water partition coefficient (Wildman–Crippen LogP) is 1.39. The van der Waals surface area contributed by atoms with Crippen LogP contribution < -0.4 is 10.6 Å². The molecular formula is C9H8N2O3S. The summed E-state index contributed by atoms with van der Waals surface area (Å²) in [6.45, 7) is 0. The first-order chi connectivity index (χ1) is 7.09. The molecule has 0 aliphatic carbocycles. The fourth-order valence-electron chi connectivity index (χ4n) is 1.38. The van der Waals surface area contributed by atoms with E-state index in [0.717, 1.165) is 9.80 Å². The minimum absolute atomic E-state index is 0.142. The second kappa shape index (κ2) is 3.47.